The van der Waals surface area contributed by atoms with E-state index >= 15 is 0 Å². The van der Waals surface area contributed by atoms with Gasteiger partial charge in [-0.05, 0) is 33.6 Å². The van der Waals surface area contributed by atoms with E-state index in [0.717, 1.165) is 11.3 Å². The van der Waals surface area contributed by atoms with E-state index in [2.05, 4.69) is 15.9 Å². The molecule has 0 bridgehead atoms. The van der Waals surface area contributed by atoms with Crippen molar-refractivity contribution in [2.75, 3.05) is 0 Å². The van der Waals surface area contributed by atoms with Gasteiger partial charge in [-0.25, -0.2) is 4.79 Å². The van der Waals surface area contributed by atoms with Gasteiger partial charge >= 0.3 is 5.63 Å². The van der Waals surface area contributed by atoms with E-state index in [4.69, 9.17) is 4.52 Å². The van der Waals surface area contributed by atoms with Crippen molar-refractivity contribution in [2.24, 2.45) is 0 Å². The fraction of sp³-hybridized carbons (Fsp3) is 0. The fourth-order valence-electron chi connectivity index (χ4n) is 1.93. The molecule has 0 fully saturated rings. The first-order chi connectivity index (χ1) is 9.27. The van der Waals surface area contributed by atoms with Gasteiger partial charge < -0.3 is 4.52 Å². The molecule has 0 aliphatic heterocycles. The zero-order chi connectivity index (χ0) is 13.2. The molecule has 1 aromatic heterocycles. The van der Waals surface area contributed by atoms with Crippen LogP contribution in [0.1, 0.15) is 0 Å². The molecule has 0 spiro atoms. The van der Waals surface area contributed by atoms with Gasteiger partial charge in [0.2, 0.25) is 0 Å². The fourth-order valence-corrected chi connectivity index (χ4v) is 2.59. The molecule has 0 unspecified atom stereocenters. The van der Waals surface area contributed by atoms with Gasteiger partial charge in [0.25, 0.3) is 0 Å². The Morgan fingerprint density at radius 2 is 1.47 bits per heavy atom. The quantitative estimate of drug-likeness (QED) is 0.719. The second kappa shape index (κ2) is 4.90. The van der Waals surface area contributed by atoms with Crippen molar-refractivity contribution >= 4 is 15.9 Å². The van der Waals surface area contributed by atoms with Gasteiger partial charge in [-0.2, -0.15) is 4.74 Å². The molecule has 19 heavy (non-hydrogen) atoms. The number of rotatable bonds is 2. The van der Waals surface area contributed by atoms with Gasteiger partial charge in [0, 0.05) is 0 Å². The lowest BCUT2D eigenvalue weighted by atomic mass is 10.1. The van der Waals surface area contributed by atoms with Crippen LogP contribution in [0.2, 0.25) is 0 Å². The SMILES string of the molecule is O=c1on(-c2ccccc2)c(Br)c1-c1ccccc1. The van der Waals surface area contributed by atoms with E-state index in [1.54, 1.807) is 0 Å². The third kappa shape index (κ3) is 2.15. The van der Waals surface area contributed by atoms with Gasteiger partial charge in [0.05, 0.1) is 5.69 Å². The number of para-hydroxylation sites is 1. The Bertz CT molecular complexity index is 745. The van der Waals surface area contributed by atoms with Gasteiger partial charge in [0.1, 0.15) is 10.2 Å². The van der Waals surface area contributed by atoms with Gasteiger partial charge in [0.15, 0.2) is 0 Å². The summed E-state index contributed by atoms with van der Waals surface area (Å²) < 4.78 is 7.41. The molecular weight excluding hydrogens is 306 g/mol. The summed E-state index contributed by atoms with van der Waals surface area (Å²) >= 11 is 3.44. The lowest BCUT2D eigenvalue weighted by Gasteiger charge is -2.01. The summed E-state index contributed by atoms with van der Waals surface area (Å²) in [6.07, 6.45) is 0. The van der Waals surface area contributed by atoms with Crippen molar-refractivity contribution in [3.05, 3.63) is 75.7 Å². The molecule has 0 saturated carbocycles. The highest BCUT2D eigenvalue weighted by molar-refractivity contribution is 9.10. The maximum atomic E-state index is 12.0. The standard InChI is InChI=1S/C15H10BrNO2/c16-14-13(11-7-3-1-4-8-11)15(18)19-17(14)12-9-5-2-6-10-12/h1-10H. The number of hydrogen-bond donors (Lipinski definition) is 0. The summed E-state index contributed by atoms with van der Waals surface area (Å²) in [5.74, 6) is 0. The summed E-state index contributed by atoms with van der Waals surface area (Å²) in [4.78, 5) is 12.0. The van der Waals surface area contributed by atoms with Crippen molar-refractivity contribution < 1.29 is 4.52 Å². The molecule has 3 aromatic rings. The normalized spacial score (nSPS) is 10.6. The summed E-state index contributed by atoms with van der Waals surface area (Å²) in [5, 5.41) is 0. The maximum Gasteiger partial charge on any atom is 0.367 e. The summed E-state index contributed by atoms with van der Waals surface area (Å²) in [5.41, 5.74) is 1.80. The molecule has 4 heteroatoms. The van der Waals surface area contributed by atoms with Crippen molar-refractivity contribution in [3.63, 3.8) is 0 Å². The Kier molecular flexibility index (Phi) is 3.09. The van der Waals surface area contributed by atoms with Crippen molar-refractivity contribution in [2.45, 2.75) is 0 Å². The lowest BCUT2D eigenvalue weighted by molar-refractivity contribution is 0.319. The maximum absolute atomic E-state index is 12.0. The van der Waals surface area contributed by atoms with Gasteiger partial charge in [-0.1, -0.05) is 48.5 Å². The van der Waals surface area contributed by atoms with E-state index in [-0.39, 0.29) is 5.63 Å². The smallest absolute Gasteiger partial charge is 0.330 e. The number of halogens is 1. The average molecular weight is 316 g/mol. The summed E-state index contributed by atoms with van der Waals surface area (Å²) in [6.45, 7) is 0. The highest BCUT2D eigenvalue weighted by atomic mass is 79.9. The molecule has 1 heterocycles. The third-order valence-corrected chi connectivity index (χ3v) is 3.53. The number of hydrogen-bond acceptors (Lipinski definition) is 2. The molecule has 94 valence electrons. The largest absolute Gasteiger partial charge is 0.367 e. The van der Waals surface area contributed by atoms with Crippen LogP contribution in [0, 0.1) is 0 Å². The van der Waals surface area contributed by atoms with Crippen LogP contribution in [0.3, 0.4) is 0 Å². The Labute approximate surface area is 118 Å². The van der Waals surface area contributed by atoms with Gasteiger partial charge in [-0.15, -0.1) is 0 Å². The van der Waals surface area contributed by atoms with Crippen LogP contribution in [-0.4, -0.2) is 4.74 Å². The molecule has 0 radical (unpaired) electrons. The minimum absolute atomic E-state index is 0.359. The predicted octanol–water partition coefficient (Wildman–Crippen LogP) is 3.86. The van der Waals surface area contributed by atoms with Crippen LogP contribution in [0.5, 0.6) is 0 Å². The van der Waals surface area contributed by atoms with E-state index in [9.17, 15) is 4.79 Å². The zero-order valence-electron chi connectivity index (χ0n) is 9.92. The van der Waals surface area contributed by atoms with Gasteiger partial charge in [-0.3, -0.25) is 0 Å². The molecule has 2 aromatic carbocycles. The van der Waals surface area contributed by atoms with E-state index < -0.39 is 0 Å². The summed E-state index contributed by atoms with van der Waals surface area (Å²) in [6, 6.07) is 18.9. The molecule has 0 aliphatic rings. The highest BCUT2D eigenvalue weighted by Gasteiger charge is 2.17. The molecule has 0 atom stereocenters. The minimum Gasteiger partial charge on any atom is -0.330 e. The van der Waals surface area contributed by atoms with Crippen LogP contribution >= 0.6 is 15.9 Å². The zero-order valence-corrected chi connectivity index (χ0v) is 11.5. The Balaban J connectivity index is 2.20. The van der Waals surface area contributed by atoms with E-state index in [1.165, 1.54) is 4.74 Å². The predicted molar refractivity (Wildman–Crippen MR) is 77.4 cm³/mol. The second-order valence-corrected chi connectivity index (χ2v) is 4.79. The summed E-state index contributed by atoms with van der Waals surface area (Å²) in [7, 11) is 0. The molecule has 0 aliphatic carbocycles. The van der Waals surface area contributed by atoms with E-state index in [1.807, 2.05) is 60.7 Å². The molecule has 3 nitrogen and oxygen atoms in total. The number of benzene rings is 2. The number of nitrogens with zero attached hydrogens (tertiary/aromatic N) is 1. The highest BCUT2D eigenvalue weighted by Crippen LogP contribution is 2.27. The Morgan fingerprint density at radius 1 is 0.895 bits per heavy atom. The van der Waals surface area contributed by atoms with Crippen molar-refractivity contribution in [1.82, 2.24) is 4.74 Å². The monoisotopic (exact) mass is 315 g/mol. The molecule has 0 N–H and O–H groups in total. The molecule has 3 rings (SSSR count). The topological polar surface area (TPSA) is 35.1 Å². The van der Waals surface area contributed by atoms with Crippen LogP contribution < -0.4 is 5.63 Å². The first-order valence-electron chi connectivity index (χ1n) is 5.80. The molecular formula is C15H10BrNO2. The van der Waals surface area contributed by atoms with E-state index in [0.29, 0.717) is 10.2 Å². The van der Waals surface area contributed by atoms with Crippen LogP contribution in [-0.2, 0) is 0 Å². The van der Waals surface area contributed by atoms with Crippen LogP contribution in [0.25, 0.3) is 16.8 Å². The minimum atomic E-state index is -0.359. The van der Waals surface area contributed by atoms with Crippen molar-refractivity contribution in [3.8, 4) is 16.8 Å². The second-order valence-electron chi connectivity index (χ2n) is 4.04. The molecule has 0 amide bonds. The Hall–Kier alpha value is -2.07. The first-order valence-corrected chi connectivity index (χ1v) is 6.59. The van der Waals surface area contributed by atoms with Crippen LogP contribution in [0.4, 0.5) is 0 Å². The van der Waals surface area contributed by atoms with Crippen molar-refractivity contribution in [1.29, 1.82) is 0 Å². The van der Waals surface area contributed by atoms with Crippen LogP contribution in [0.15, 0.2) is 74.6 Å². The first kappa shape index (κ1) is 12.0. The average Bonchev–Trinajstić information content (AvgIpc) is 2.76. The third-order valence-electron chi connectivity index (χ3n) is 2.82. The Morgan fingerprint density at radius 3 is 2.11 bits per heavy atom. The lowest BCUT2D eigenvalue weighted by Crippen LogP contribution is -1.96. The number of aromatic nitrogens is 1. The molecule has 0 saturated heterocycles.